The zero-order chi connectivity index (χ0) is 7.49. The fourth-order valence-electron chi connectivity index (χ4n) is 1.10. The van der Waals surface area contributed by atoms with Crippen molar-refractivity contribution in [1.29, 1.82) is 0 Å². The number of rotatable bonds is 2. The second-order valence-electron chi connectivity index (χ2n) is 4.02. The minimum absolute atomic E-state index is 0. The Morgan fingerprint density at radius 3 is 1.80 bits per heavy atom. The second kappa shape index (κ2) is 5.36. The van der Waals surface area contributed by atoms with E-state index < -0.39 is 0 Å². The number of halogens is 1. The molecule has 2 heteroatoms. The van der Waals surface area contributed by atoms with Crippen LogP contribution < -0.4 is 0 Å². The van der Waals surface area contributed by atoms with Crippen molar-refractivity contribution in [2.75, 3.05) is 5.33 Å². The molecular formula is C8H21BrSi. The summed E-state index contributed by atoms with van der Waals surface area (Å²) >= 11 is 3.47. The van der Waals surface area contributed by atoms with Crippen LogP contribution in [0, 0.1) is 11.3 Å². The molecular weight excluding hydrogens is 204 g/mol. The topological polar surface area (TPSA) is 0 Å². The van der Waals surface area contributed by atoms with Crippen molar-refractivity contribution in [1.82, 2.24) is 0 Å². The van der Waals surface area contributed by atoms with Gasteiger partial charge in [-0.15, -0.1) is 0 Å². The van der Waals surface area contributed by atoms with Crippen LogP contribution in [0.3, 0.4) is 0 Å². The van der Waals surface area contributed by atoms with Gasteiger partial charge in [-0.2, -0.15) is 0 Å². The Morgan fingerprint density at radius 2 is 1.70 bits per heavy atom. The maximum Gasteiger partial charge on any atom is 0.00572 e. The van der Waals surface area contributed by atoms with Crippen LogP contribution in [-0.2, 0) is 0 Å². The molecule has 0 aromatic carbocycles. The minimum atomic E-state index is 0. The first kappa shape index (κ1) is 13.3. The molecule has 0 amide bonds. The van der Waals surface area contributed by atoms with Crippen molar-refractivity contribution in [3.05, 3.63) is 0 Å². The quantitative estimate of drug-likeness (QED) is 0.498. The van der Waals surface area contributed by atoms with Gasteiger partial charge < -0.3 is 0 Å². The minimum Gasteiger partial charge on any atom is -0.0925 e. The van der Waals surface area contributed by atoms with Crippen molar-refractivity contribution in [2.45, 2.75) is 34.1 Å². The molecule has 0 heterocycles. The highest BCUT2D eigenvalue weighted by molar-refractivity contribution is 9.09. The highest BCUT2D eigenvalue weighted by Gasteiger charge is 2.13. The summed E-state index contributed by atoms with van der Waals surface area (Å²) in [7, 11) is 0. The van der Waals surface area contributed by atoms with E-state index in [-0.39, 0.29) is 11.0 Å². The molecule has 0 nitrogen and oxygen atoms in total. The molecule has 0 bridgehead atoms. The van der Waals surface area contributed by atoms with E-state index in [1.807, 2.05) is 0 Å². The zero-order valence-corrected chi connectivity index (χ0v) is 8.46. The monoisotopic (exact) mass is 224 g/mol. The Balaban J connectivity index is 0. The van der Waals surface area contributed by atoms with E-state index in [1.54, 1.807) is 0 Å². The van der Waals surface area contributed by atoms with E-state index in [2.05, 4.69) is 43.6 Å². The largest absolute Gasteiger partial charge is 0.0925 e. The predicted octanol–water partition coefficient (Wildman–Crippen LogP) is 2.00. The maximum absolute atomic E-state index is 3.47. The molecule has 1 atom stereocenters. The highest BCUT2D eigenvalue weighted by atomic mass is 79.9. The zero-order valence-electron chi connectivity index (χ0n) is 6.87. The standard InChI is InChI=1S/C8H17Br.H4Si/c1-7(6-9)5-8(2,3)4;/h7H,5-6H2,1-4H3;1H4. The smallest absolute Gasteiger partial charge is 0.00572 e. The molecule has 1 unspecified atom stereocenters. The predicted molar refractivity (Wildman–Crippen MR) is 58.4 cm³/mol. The van der Waals surface area contributed by atoms with E-state index in [4.69, 9.17) is 0 Å². The van der Waals surface area contributed by atoms with Gasteiger partial charge in [-0.05, 0) is 28.7 Å². The van der Waals surface area contributed by atoms with Crippen molar-refractivity contribution < 1.29 is 0 Å². The van der Waals surface area contributed by atoms with Crippen LogP contribution in [0.25, 0.3) is 0 Å². The van der Waals surface area contributed by atoms with Crippen LogP contribution in [0.5, 0.6) is 0 Å². The van der Waals surface area contributed by atoms with Gasteiger partial charge in [0.05, 0.1) is 0 Å². The van der Waals surface area contributed by atoms with Crippen molar-refractivity contribution >= 4 is 26.9 Å². The second-order valence-corrected chi connectivity index (χ2v) is 4.67. The van der Waals surface area contributed by atoms with Crippen LogP contribution >= 0.6 is 15.9 Å². The Kier molecular flexibility index (Phi) is 7.13. The molecule has 0 aromatic heterocycles. The lowest BCUT2D eigenvalue weighted by Crippen LogP contribution is -2.11. The Morgan fingerprint density at radius 1 is 1.30 bits per heavy atom. The normalized spacial score (nSPS) is 14.1. The van der Waals surface area contributed by atoms with Gasteiger partial charge in [0.25, 0.3) is 0 Å². The molecule has 0 aliphatic carbocycles. The fraction of sp³-hybridized carbons (Fsp3) is 1.00. The molecule has 64 valence electrons. The summed E-state index contributed by atoms with van der Waals surface area (Å²) in [5.74, 6) is 0.810. The average Bonchev–Trinajstić information content (AvgIpc) is 1.62. The number of hydrogen-bond acceptors (Lipinski definition) is 0. The van der Waals surface area contributed by atoms with E-state index in [0.717, 1.165) is 11.2 Å². The first-order valence-electron chi connectivity index (χ1n) is 3.51. The summed E-state index contributed by atoms with van der Waals surface area (Å²) in [6, 6.07) is 0. The summed E-state index contributed by atoms with van der Waals surface area (Å²) < 4.78 is 0. The van der Waals surface area contributed by atoms with Gasteiger partial charge in [-0.3, -0.25) is 0 Å². The SMILES string of the molecule is CC(CBr)CC(C)(C)C.[SiH4]. The number of hydrogen-bond donors (Lipinski definition) is 0. The third-order valence-corrected chi connectivity index (χ3v) is 2.33. The maximum atomic E-state index is 3.47. The highest BCUT2D eigenvalue weighted by Crippen LogP contribution is 2.24. The molecule has 0 fully saturated rings. The summed E-state index contributed by atoms with van der Waals surface area (Å²) in [4.78, 5) is 0. The van der Waals surface area contributed by atoms with Crippen molar-refractivity contribution in [3.8, 4) is 0 Å². The molecule has 0 aliphatic rings. The lowest BCUT2D eigenvalue weighted by atomic mass is 9.86. The third kappa shape index (κ3) is 8.70. The van der Waals surface area contributed by atoms with Crippen LogP contribution in [0.1, 0.15) is 34.1 Å². The Hall–Kier alpha value is 0.697. The molecule has 10 heavy (non-hydrogen) atoms. The van der Waals surface area contributed by atoms with Gasteiger partial charge in [-0.1, -0.05) is 43.6 Å². The summed E-state index contributed by atoms with van der Waals surface area (Å²) in [5, 5.41) is 1.13. The van der Waals surface area contributed by atoms with E-state index in [9.17, 15) is 0 Å². The molecule has 0 N–H and O–H groups in total. The third-order valence-electron chi connectivity index (χ3n) is 1.22. The Bertz CT molecular complexity index is 75.8. The van der Waals surface area contributed by atoms with E-state index in [1.165, 1.54) is 6.42 Å². The molecule has 0 spiro atoms. The summed E-state index contributed by atoms with van der Waals surface area (Å²) in [6.45, 7) is 9.13. The van der Waals surface area contributed by atoms with Crippen molar-refractivity contribution in [2.24, 2.45) is 11.3 Å². The van der Waals surface area contributed by atoms with Gasteiger partial charge in [-0.25, -0.2) is 0 Å². The van der Waals surface area contributed by atoms with Gasteiger partial charge in [0, 0.05) is 5.33 Å². The molecule has 0 aromatic rings. The average molecular weight is 225 g/mol. The van der Waals surface area contributed by atoms with Gasteiger partial charge >= 0.3 is 0 Å². The van der Waals surface area contributed by atoms with E-state index >= 15 is 0 Å². The molecule has 0 radical (unpaired) electrons. The first-order chi connectivity index (χ1) is 3.95. The van der Waals surface area contributed by atoms with Gasteiger partial charge in [0.1, 0.15) is 0 Å². The molecule has 0 rings (SSSR count). The van der Waals surface area contributed by atoms with Gasteiger partial charge in [0.2, 0.25) is 0 Å². The lowest BCUT2D eigenvalue weighted by molar-refractivity contribution is 0.324. The van der Waals surface area contributed by atoms with Crippen molar-refractivity contribution in [3.63, 3.8) is 0 Å². The fourth-order valence-corrected chi connectivity index (χ4v) is 1.33. The van der Waals surface area contributed by atoms with Gasteiger partial charge in [0.15, 0.2) is 0 Å². The van der Waals surface area contributed by atoms with E-state index in [0.29, 0.717) is 5.41 Å². The summed E-state index contributed by atoms with van der Waals surface area (Å²) in [5.41, 5.74) is 0.493. The lowest BCUT2D eigenvalue weighted by Gasteiger charge is -2.21. The summed E-state index contributed by atoms with van der Waals surface area (Å²) in [6.07, 6.45) is 1.30. The van der Waals surface area contributed by atoms with Crippen LogP contribution in [0.4, 0.5) is 0 Å². The molecule has 0 saturated heterocycles. The Labute approximate surface area is 77.9 Å². The first-order valence-corrected chi connectivity index (χ1v) is 4.64. The van der Waals surface area contributed by atoms with Crippen LogP contribution in [0.2, 0.25) is 0 Å². The molecule has 0 saturated carbocycles. The molecule has 0 aliphatic heterocycles. The van der Waals surface area contributed by atoms with Crippen LogP contribution in [-0.4, -0.2) is 16.3 Å². The number of alkyl halides is 1. The van der Waals surface area contributed by atoms with Crippen LogP contribution in [0.15, 0.2) is 0 Å².